The molecule has 0 aliphatic heterocycles. The summed E-state index contributed by atoms with van der Waals surface area (Å²) in [4.78, 5) is 0. The Hall–Kier alpha value is -1.09. The van der Waals surface area contributed by atoms with Gasteiger partial charge in [-0.05, 0) is 18.6 Å². The van der Waals surface area contributed by atoms with Crippen molar-refractivity contribution in [3.63, 3.8) is 0 Å². The van der Waals surface area contributed by atoms with Gasteiger partial charge in [-0.2, -0.15) is 0 Å². The maximum atomic E-state index is 13.3. The van der Waals surface area contributed by atoms with E-state index in [2.05, 4.69) is 19.2 Å². The van der Waals surface area contributed by atoms with Crippen LogP contribution in [0.3, 0.4) is 0 Å². The number of ether oxygens (including phenoxy) is 1. The Bertz CT molecular complexity index is 315. The van der Waals surface area contributed by atoms with Gasteiger partial charge in [0.2, 0.25) is 0 Å². The van der Waals surface area contributed by atoms with E-state index in [0.717, 1.165) is 13.0 Å². The fourth-order valence-corrected chi connectivity index (χ4v) is 1.36. The van der Waals surface area contributed by atoms with Crippen molar-refractivity contribution >= 4 is 0 Å². The molecule has 1 aromatic rings. The van der Waals surface area contributed by atoms with Gasteiger partial charge >= 0.3 is 0 Å². The van der Waals surface area contributed by atoms with E-state index >= 15 is 0 Å². The monoisotopic (exact) mass is 225 g/mol. The lowest BCUT2D eigenvalue weighted by atomic mass is 10.2. The second-order valence-electron chi connectivity index (χ2n) is 4.14. The van der Waals surface area contributed by atoms with Gasteiger partial charge in [0.1, 0.15) is 6.10 Å². The van der Waals surface area contributed by atoms with Crippen molar-refractivity contribution in [2.24, 2.45) is 0 Å². The fourth-order valence-electron chi connectivity index (χ4n) is 1.36. The van der Waals surface area contributed by atoms with Crippen molar-refractivity contribution in [2.75, 3.05) is 6.54 Å². The van der Waals surface area contributed by atoms with Crippen molar-refractivity contribution in [1.29, 1.82) is 0 Å². The average molecular weight is 225 g/mol. The summed E-state index contributed by atoms with van der Waals surface area (Å²) >= 11 is 0. The van der Waals surface area contributed by atoms with Crippen LogP contribution in [0, 0.1) is 5.82 Å². The van der Waals surface area contributed by atoms with Crippen molar-refractivity contribution in [2.45, 2.75) is 39.3 Å². The Morgan fingerprint density at radius 3 is 2.56 bits per heavy atom. The van der Waals surface area contributed by atoms with Gasteiger partial charge in [0.05, 0.1) is 0 Å². The maximum absolute atomic E-state index is 13.3. The van der Waals surface area contributed by atoms with Crippen LogP contribution in [0.15, 0.2) is 24.3 Å². The standard InChI is InChI=1S/C13H20FNO/c1-4-11(9-15-10(2)3)16-13-8-6-5-7-12(13)14/h5-8,10-11,15H,4,9H2,1-3H3. The van der Waals surface area contributed by atoms with E-state index in [1.54, 1.807) is 18.2 Å². The van der Waals surface area contributed by atoms with E-state index in [1.807, 2.05) is 6.92 Å². The Balaban J connectivity index is 2.53. The molecule has 0 amide bonds. The summed E-state index contributed by atoms with van der Waals surface area (Å²) in [7, 11) is 0. The lowest BCUT2D eigenvalue weighted by Crippen LogP contribution is -2.35. The predicted octanol–water partition coefficient (Wildman–Crippen LogP) is 2.98. The van der Waals surface area contributed by atoms with Gasteiger partial charge in [0.15, 0.2) is 11.6 Å². The van der Waals surface area contributed by atoms with E-state index in [1.165, 1.54) is 6.07 Å². The third-order valence-corrected chi connectivity index (χ3v) is 2.34. The van der Waals surface area contributed by atoms with Crippen LogP contribution < -0.4 is 10.1 Å². The molecule has 0 aliphatic carbocycles. The molecule has 2 nitrogen and oxygen atoms in total. The Kier molecular flexibility index (Phi) is 5.26. The van der Waals surface area contributed by atoms with Crippen molar-refractivity contribution in [3.8, 4) is 5.75 Å². The first-order chi connectivity index (χ1) is 7.63. The van der Waals surface area contributed by atoms with Gasteiger partial charge in [-0.1, -0.05) is 32.9 Å². The number of benzene rings is 1. The number of rotatable bonds is 6. The number of hydrogen-bond donors (Lipinski definition) is 1. The van der Waals surface area contributed by atoms with E-state index < -0.39 is 0 Å². The fraction of sp³-hybridized carbons (Fsp3) is 0.538. The normalized spacial score (nSPS) is 12.8. The average Bonchev–Trinajstić information content (AvgIpc) is 2.26. The highest BCUT2D eigenvalue weighted by Gasteiger charge is 2.10. The Morgan fingerprint density at radius 1 is 1.31 bits per heavy atom. The molecule has 0 bridgehead atoms. The summed E-state index contributed by atoms with van der Waals surface area (Å²) in [6, 6.07) is 6.93. The van der Waals surface area contributed by atoms with Crippen molar-refractivity contribution in [1.82, 2.24) is 5.32 Å². The molecule has 1 aromatic carbocycles. The van der Waals surface area contributed by atoms with Crippen LogP contribution in [0.2, 0.25) is 0 Å². The van der Waals surface area contributed by atoms with E-state index in [0.29, 0.717) is 11.8 Å². The molecule has 1 rings (SSSR count). The summed E-state index contributed by atoms with van der Waals surface area (Å²) in [6.45, 7) is 6.93. The first-order valence-corrected chi connectivity index (χ1v) is 5.78. The van der Waals surface area contributed by atoms with Gasteiger partial charge in [0, 0.05) is 12.6 Å². The zero-order valence-corrected chi connectivity index (χ0v) is 10.2. The lowest BCUT2D eigenvalue weighted by molar-refractivity contribution is 0.182. The summed E-state index contributed by atoms with van der Waals surface area (Å²) in [6.07, 6.45) is 0.868. The molecule has 1 N–H and O–H groups in total. The molecule has 1 unspecified atom stereocenters. The second-order valence-corrected chi connectivity index (χ2v) is 4.14. The van der Waals surface area contributed by atoms with Gasteiger partial charge in [0.25, 0.3) is 0 Å². The number of halogens is 1. The van der Waals surface area contributed by atoms with E-state index in [9.17, 15) is 4.39 Å². The first kappa shape index (κ1) is 13.0. The van der Waals surface area contributed by atoms with Gasteiger partial charge in [-0.3, -0.25) is 0 Å². The molecule has 0 saturated heterocycles. The van der Waals surface area contributed by atoms with Crippen LogP contribution in [-0.2, 0) is 0 Å². The van der Waals surface area contributed by atoms with Gasteiger partial charge < -0.3 is 10.1 Å². The Labute approximate surface area is 96.8 Å². The second kappa shape index (κ2) is 6.48. The lowest BCUT2D eigenvalue weighted by Gasteiger charge is -2.19. The van der Waals surface area contributed by atoms with Crippen LogP contribution in [0.5, 0.6) is 5.75 Å². The van der Waals surface area contributed by atoms with Crippen molar-refractivity contribution in [3.05, 3.63) is 30.1 Å². The molecule has 0 fully saturated rings. The molecular formula is C13H20FNO. The zero-order chi connectivity index (χ0) is 12.0. The molecule has 90 valence electrons. The predicted molar refractivity (Wildman–Crippen MR) is 64.2 cm³/mol. The summed E-state index contributed by atoms with van der Waals surface area (Å²) in [5.74, 6) is 0.0328. The third-order valence-electron chi connectivity index (χ3n) is 2.34. The quantitative estimate of drug-likeness (QED) is 0.803. The zero-order valence-electron chi connectivity index (χ0n) is 10.2. The molecule has 0 heterocycles. The third kappa shape index (κ3) is 4.19. The van der Waals surface area contributed by atoms with E-state index in [-0.39, 0.29) is 11.9 Å². The van der Waals surface area contributed by atoms with Crippen LogP contribution in [0.4, 0.5) is 4.39 Å². The SMILES string of the molecule is CCC(CNC(C)C)Oc1ccccc1F. The highest BCUT2D eigenvalue weighted by molar-refractivity contribution is 5.23. The van der Waals surface area contributed by atoms with E-state index in [4.69, 9.17) is 4.74 Å². The minimum absolute atomic E-state index is 0.0132. The highest BCUT2D eigenvalue weighted by Crippen LogP contribution is 2.17. The Morgan fingerprint density at radius 2 is 2.00 bits per heavy atom. The van der Waals surface area contributed by atoms with Gasteiger partial charge in [-0.25, -0.2) is 4.39 Å². The molecule has 3 heteroatoms. The molecule has 0 saturated carbocycles. The molecule has 0 aliphatic rings. The summed E-state index contributed by atoms with van der Waals surface area (Å²) < 4.78 is 18.9. The maximum Gasteiger partial charge on any atom is 0.165 e. The van der Waals surface area contributed by atoms with Crippen LogP contribution >= 0.6 is 0 Å². The molecule has 16 heavy (non-hydrogen) atoms. The molecule has 0 aromatic heterocycles. The molecule has 0 radical (unpaired) electrons. The minimum Gasteiger partial charge on any atom is -0.486 e. The summed E-state index contributed by atoms with van der Waals surface area (Å²) in [5, 5.41) is 3.29. The largest absolute Gasteiger partial charge is 0.486 e. The van der Waals surface area contributed by atoms with Gasteiger partial charge in [-0.15, -0.1) is 0 Å². The first-order valence-electron chi connectivity index (χ1n) is 5.78. The topological polar surface area (TPSA) is 21.3 Å². The van der Waals surface area contributed by atoms with Crippen LogP contribution in [0.25, 0.3) is 0 Å². The number of hydrogen-bond acceptors (Lipinski definition) is 2. The minimum atomic E-state index is -0.300. The molecular weight excluding hydrogens is 205 g/mol. The summed E-state index contributed by atoms with van der Waals surface area (Å²) in [5.41, 5.74) is 0. The van der Waals surface area contributed by atoms with Crippen LogP contribution in [-0.4, -0.2) is 18.7 Å². The van der Waals surface area contributed by atoms with Crippen molar-refractivity contribution < 1.29 is 9.13 Å². The number of para-hydroxylation sites is 1. The number of nitrogens with one attached hydrogen (secondary N) is 1. The van der Waals surface area contributed by atoms with Crippen LogP contribution in [0.1, 0.15) is 27.2 Å². The molecule has 0 spiro atoms. The highest BCUT2D eigenvalue weighted by atomic mass is 19.1. The smallest absolute Gasteiger partial charge is 0.165 e. The molecule has 1 atom stereocenters.